The fourth-order valence-corrected chi connectivity index (χ4v) is 1.68. The van der Waals surface area contributed by atoms with E-state index < -0.39 is 0 Å². The highest BCUT2D eigenvalue weighted by Crippen LogP contribution is 2.15. The predicted octanol–water partition coefficient (Wildman–Crippen LogP) is 2.16. The number of benzene rings is 1. The van der Waals surface area contributed by atoms with Crippen molar-refractivity contribution in [3.05, 3.63) is 46.8 Å². The molecular formula is C11H10N2OS. The van der Waals surface area contributed by atoms with Crippen LogP contribution in [0.2, 0.25) is 0 Å². The van der Waals surface area contributed by atoms with Gasteiger partial charge in [0.1, 0.15) is 10.9 Å². The van der Waals surface area contributed by atoms with Crippen molar-refractivity contribution < 1.29 is 0 Å². The minimum atomic E-state index is -0.117. The quantitative estimate of drug-likeness (QED) is 0.620. The summed E-state index contributed by atoms with van der Waals surface area (Å²) < 4.78 is 0. The molecule has 0 amide bonds. The van der Waals surface area contributed by atoms with Crippen LogP contribution in [-0.2, 0) is 0 Å². The zero-order valence-corrected chi connectivity index (χ0v) is 9.04. The molecule has 0 spiro atoms. The zero-order valence-electron chi connectivity index (χ0n) is 8.23. The number of aromatic amines is 1. The minimum absolute atomic E-state index is 0.117. The van der Waals surface area contributed by atoms with E-state index in [0.717, 1.165) is 10.6 Å². The lowest BCUT2D eigenvalue weighted by molar-refractivity contribution is 1.03. The molecule has 0 aliphatic heterocycles. The van der Waals surface area contributed by atoms with Crippen LogP contribution in [0.1, 0.15) is 0 Å². The third-order valence-electron chi connectivity index (χ3n) is 1.97. The first-order valence-electron chi connectivity index (χ1n) is 4.50. The summed E-state index contributed by atoms with van der Waals surface area (Å²) >= 11 is 1.46. The zero-order chi connectivity index (χ0) is 10.7. The number of nitrogens with zero attached hydrogens (tertiary/aromatic N) is 1. The van der Waals surface area contributed by atoms with Gasteiger partial charge >= 0.3 is 0 Å². The minimum Gasteiger partial charge on any atom is -0.306 e. The second-order valence-corrected chi connectivity index (χ2v) is 3.83. The molecule has 0 unspecified atom stereocenters. The molecule has 0 aliphatic rings. The van der Waals surface area contributed by atoms with E-state index in [1.165, 1.54) is 17.8 Å². The lowest BCUT2D eigenvalue weighted by atomic mass is 10.2. The average molecular weight is 218 g/mol. The van der Waals surface area contributed by atoms with Crippen LogP contribution in [0.15, 0.2) is 46.2 Å². The van der Waals surface area contributed by atoms with Crippen LogP contribution in [-0.4, -0.2) is 16.2 Å². The molecule has 1 aromatic heterocycles. The maximum Gasteiger partial charge on any atom is 0.252 e. The highest BCUT2D eigenvalue weighted by Gasteiger charge is 2.01. The van der Waals surface area contributed by atoms with Crippen molar-refractivity contribution in [3.8, 4) is 11.4 Å². The van der Waals surface area contributed by atoms with Crippen LogP contribution in [0, 0.1) is 0 Å². The van der Waals surface area contributed by atoms with Gasteiger partial charge in [0.05, 0.1) is 0 Å². The van der Waals surface area contributed by atoms with Crippen LogP contribution in [0.4, 0.5) is 0 Å². The molecule has 4 heteroatoms. The molecule has 15 heavy (non-hydrogen) atoms. The smallest absolute Gasteiger partial charge is 0.252 e. The van der Waals surface area contributed by atoms with E-state index >= 15 is 0 Å². The summed E-state index contributed by atoms with van der Waals surface area (Å²) in [5.74, 6) is 0.618. The Hall–Kier alpha value is -1.55. The van der Waals surface area contributed by atoms with E-state index in [2.05, 4.69) is 9.97 Å². The molecule has 0 saturated carbocycles. The first kappa shape index (κ1) is 9.98. The van der Waals surface area contributed by atoms with Gasteiger partial charge in [-0.3, -0.25) is 4.79 Å². The molecule has 1 N–H and O–H groups in total. The first-order valence-corrected chi connectivity index (χ1v) is 5.73. The summed E-state index contributed by atoms with van der Waals surface area (Å²) in [7, 11) is 0. The van der Waals surface area contributed by atoms with Crippen LogP contribution < -0.4 is 5.56 Å². The Morgan fingerprint density at radius 3 is 2.67 bits per heavy atom. The lowest BCUT2D eigenvalue weighted by Gasteiger charge is -2.01. The van der Waals surface area contributed by atoms with Crippen LogP contribution >= 0.6 is 11.8 Å². The van der Waals surface area contributed by atoms with Crippen molar-refractivity contribution in [2.45, 2.75) is 5.03 Å². The number of hydrogen-bond acceptors (Lipinski definition) is 3. The molecule has 0 aliphatic carbocycles. The second-order valence-electron chi connectivity index (χ2n) is 3.00. The molecule has 2 rings (SSSR count). The van der Waals surface area contributed by atoms with Gasteiger partial charge in [-0.15, -0.1) is 11.8 Å². The van der Waals surface area contributed by atoms with Crippen molar-refractivity contribution in [1.82, 2.24) is 9.97 Å². The molecule has 0 atom stereocenters. The molecule has 0 radical (unpaired) electrons. The largest absolute Gasteiger partial charge is 0.306 e. The van der Waals surface area contributed by atoms with Gasteiger partial charge in [-0.25, -0.2) is 4.98 Å². The molecular weight excluding hydrogens is 208 g/mol. The van der Waals surface area contributed by atoms with Gasteiger partial charge < -0.3 is 4.98 Å². The van der Waals surface area contributed by atoms with E-state index in [1.54, 1.807) is 0 Å². The summed E-state index contributed by atoms with van der Waals surface area (Å²) in [6.07, 6.45) is 1.90. The number of H-pyrrole nitrogens is 1. The van der Waals surface area contributed by atoms with E-state index in [0.29, 0.717) is 5.82 Å². The fourth-order valence-electron chi connectivity index (χ4n) is 1.27. The Morgan fingerprint density at radius 1 is 1.27 bits per heavy atom. The van der Waals surface area contributed by atoms with Crippen LogP contribution in [0.5, 0.6) is 0 Å². The molecule has 1 heterocycles. The first-order chi connectivity index (χ1) is 7.29. The molecule has 3 nitrogen and oxygen atoms in total. The van der Waals surface area contributed by atoms with Gasteiger partial charge in [0, 0.05) is 11.6 Å². The summed E-state index contributed by atoms with van der Waals surface area (Å²) in [5.41, 5.74) is 0.804. The normalized spacial score (nSPS) is 10.2. The van der Waals surface area contributed by atoms with E-state index in [9.17, 15) is 4.79 Å². The van der Waals surface area contributed by atoms with Crippen LogP contribution in [0.3, 0.4) is 0 Å². The van der Waals surface area contributed by atoms with Gasteiger partial charge in [-0.05, 0) is 6.26 Å². The van der Waals surface area contributed by atoms with Gasteiger partial charge in [-0.1, -0.05) is 30.3 Å². The van der Waals surface area contributed by atoms with Gasteiger partial charge in [0.25, 0.3) is 5.56 Å². The van der Waals surface area contributed by atoms with Gasteiger partial charge in [-0.2, -0.15) is 0 Å². The summed E-state index contributed by atoms with van der Waals surface area (Å²) in [4.78, 5) is 18.4. The Bertz CT molecular complexity index is 507. The fraction of sp³-hybridized carbons (Fsp3) is 0.0909. The Kier molecular flexibility index (Phi) is 2.87. The number of nitrogens with one attached hydrogen (secondary N) is 1. The third kappa shape index (κ3) is 2.27. The van der Waals surface area contributed by atoms with Crippen molar-refractivity contribution in [2.75, 3.05) is 6.26 Å². The lowest BCUT2D eigenvalue weighted by Crippen LogP contribution is -2.07. The standard InChI is InChI=1S/C11H10N2OS/c1-15-10-7-9(14)12-11(13-10)8-5-3-2-4-6-8/h2-7H,1H3,(H,12,13,14). The summed E-state index contributed by atoms with van der Waals surface area (Å²) in [5, 5.41) is 0.734. The summed E-state index contributed by atoms with van der Waals surface area (Å²) in [6, 6.07) is 11.1. The highest BCUT2D eigenvalue weighted by atomic mass is 32.2. The Morgan fingerprint density at radius 2 is 2.00 bits per heavy atom. The van der Waals surface area contributed by atoms with Crippen LogP contribution in [0.25, 0.3) is 11.4 Å². The topological polar surface area (TPSA) is 45.8 Å². The average Bonchev–Trinajstić information content (AvgIpc) is 2.29. The highest BCUT2D eigenvalue weighted by molar-refractivity contribution is 7.98. The number of hydrogen-bond donors (Lipinski definition) is 1. The van der Waals surface area contributed by atoms with Crippen molar-refractivity contribution in [2.24, 2.45) is 0 Å². The SMILES string of the molecule is CSc1cc(=O)[nH]c(-c2ccccc2)n1. The van der Waals surface area contributed by atoms with E-state index in [-0.39, 0.29) is 5.56 Å². The van der Waals surface area contributed by atoms with Crippen molar-refractivity contribution in [1.29, 1.82) is 0 Å². The monoisotopic (exact) mass is 218 g/mol. The van der Waals surface area contributed by atoms with Gasteiger partial charge in [0.15, 0.2) is 0 Å². The molecule has 1 aromatic carbocycles. The number of thioether (sulfide) groups is 1. The molecule has 0 fully saturated rings. The molecule has 76 valence electrons. The number of aromatic nitrogens is 2. The number of rotatable bonds is 2. The molecule has 2 aromatic rings. The maximum atomic E-state index is 11.3. The van der Waals surface area contributed by atoms with E-state index in [1.807, 2.05) is 36.6 Å². The molecule has 0 saturated heterocycles. The van der Waals surface area contributed by atoms with Crippen molar-refractivity contribution in [3.63, 3.8) is 0 Å². The van der Waals surface area contributed by atoms with Gasteiger partial charge in [0.2, 0.25) is 0 Å². The predicted molar refractivity (Wildman–Crippen MR) is 62.1 cm³/mol. The molecule has 0 bridgehead atoms. The second kappa shape index (κ2) is 4.31. The maximum absolute atomic E-state index is 11.3. The summed E-state index contributed by atoms with van der Waals surface area (Å²) in [6.45, 7) is 0. The van der Waals surface area contributed by atoms with E-state index in [4.69, 9.17) is 0 Å². The van der Waals surface area contributed by atoms with Crippen molar-refractivity contribution >= 4 is 11.8 Å². The Balaban J connectivity index is 2.54. The third-order valence-corrected chi connectivity index (χ3v) is 2.60. The Labute approximate surface area is 91.6 Å².